The normalized spacial score (nSPS) is 9.76. The van der Waals surface area contributed by atoms with Gasteiger partial charge in [0.1, 0.15) is 0 Å². The zero-order valence-electron chi connectivity index (χ0n) is 9.99. The standard InChI is InChI=1S/C13H15NO2S/c1-3-10-5-9(8-14)6-11(13(10)17)7-12(15)16-4-2/h5-6,17H,3-4,7H2,1-2H3. The number of carbonyl (C=O) groups is 1. The van der Waals surface area contributed by atoms with Crippen LogP contribution in [0.25, 0.3) is 0 Å². The minimum Gasteiger partial charge on any atom is -0.466 e. The van der Waals surface area contributed by atoms with Crippen molar-refractivity contribution in [2.75, 3.05) is 6.61 Å². The maximum absolute atomic E-state index is 11.4. The molecule has 0 N–H and O–H groups in total. The van der Waals surface area contributed by atoms with E-state index in [0.29, 0.717) is 12.2 Å². The Labute approximate surface area is 107 Å². The second-order valence-electron chi connectivity index (χ2n) is 3.59. The van der Waals surface area contributed by atoms with Crippen LogP contribution in [0.3, 0.4) is 0 Å². The molecule has 0 amide bonds. The molecule has 1 aromatic rings. The van der Waals surface area contributed by atoms with Gasteiger partial charge in [0.05, 0.1) is 24.7 Å². The van der Waals surface area contributed by atoms with Crippen LogP contribution in [0, 0.1) is 11.3 Å². The molecule has 0 aliphatic rings. The molecule has 17 heavy (non-hydrogen) atoms. The van der Waals surface area contributed by atoms with E-state index in [9.17, 15) is 4.79 Å². The van der Waals surface area contributed by atoms with E-state index in [1.54, 1.807) is 19.1 Å². The number of esters is 1. The molecule has 0 fully saturated rings. The molecule has 0 unspecified atom stereocenters. The zero-order valence-corrected chi connectivity index (χ0v) is 10.9. The Morgan fingerprint density at radius 3 is 2.59 bits per heavy atom. The maximum Gasteiger partial charge on any atom is 0.310 e. The fourth-order valence-electron chi connectivity index (χ4n) is 1.60. The lowest BCUT2D eigenvalue weighted by molar-refractivity contribution is -0.142. The number of nitrogens with zero attached hydrogens (tertiary/aromatic N) is 1. The van der Waals surface area contributed by atoms with Crippen molar-refractivity contribution in [2.45, 2.75) is 31.6 Å². The molecule has 0 saturated carbocycles. The molecular formula is C13H15NO2S. The van der Waals surface area contributed by atoms with Gasteiger partial charge in [-0.05, 0) is 36.6 Å². The van der Waals surface area contributed by atoms with Crippen LogP contribution < -0.4 is 0 Å². The van der Waals surface area contributed by atoms with Gasteiger partial charge in [0.2, 0.25) is 0 Å². The monoisotopic (exact) mass is 249 g/mol. The van der Waals surface area contributed by atoms with Crippen LogP contribution in [0.5, 0.6) is 0 Å². The molecule has 0 spiro atoms. The first-order valence-corrected chi connectivity index (χ1v) is 5.97. The molecule has 0 radical (unpaired) electrons. The lowest BCUT2D eigenvalue weighted by atomic mass is 10.0. The fourth-order valence-corrected chi connectivity index (χ4v) is 1.96. The van der Waals surface area contributed by atoms with Crippen LogP contribution in [0.15, 0.2) is 17.0 Å². The molecule has 0 atom stereocenters. The van der Waals surface area contributed by atoms with Crippen molar-refractivity contribution in [1.29, 1.82) is 5.26 Å². The summed E-state index contributed by atoms with van der Waals surface area (Å²) in [7, 11) is 0. The molecule has 0 aliphatic carbocycles. The minimum absolute atomic E-state index is 0.162. The first-order chi connectivity index (χ1) is 8.12. The second kappa shape index (κ2) is 6.31. The van der Waals surface area contributed by atoms with E-state index in [2.05, 4.69) is 18.7 Å². The van der Waals surface area contributed by atoms with Gasteiger partial charge in [0, 0.05) is 4.90 Å². The average molecular weight is 249 g/mol. The van der Waals surface area contributed by atoms with Gasteiger partial charge in [-0.3, -0.25) is 4.79 Å². The van der Waals surface area contributed by atoms with Crippen molar-refractivity contribution in [3.63, 3.8) is 0 Å². The summed E-state index contributed by atoms with van der Waals surface area (Å²) in [4.78, 5) is 12.2. The first-order valence-electron chi connectivity index (χ1n) is 5.52. The molecule has 0 bridgehead atoms. The number of nitriles is 1. The van der Waals surface area contributed by atoms with Crippen LogP contribution in [-0.4, -0.2) is 12.6 Å². The van der Waals surface area contributed by atoms with Crippen molar-refractivity contribution in [3.8, 4) is 6.07 Å². The zero-order chi connectivity index (χ0) is 12.8. The Kier molecular flexibility index (Phi) is 5.05. The minimum atomic E-state index is -0.292. The van der Waals surface area contributed by atoms with Gasteiger partial charge in [0.15, 0.2) is 0 Å². The van der Waals surface area contributed by atoms with Gasteiger partial charge in [-0.15, -0.1) is 12.6 Å². The van der Waals surface area contributed by atoms with Crippen LogP contribution in [-0.2, 0) is 22.4 Å². The number of aryl methyl sites for hydroxylation is 1. The molecule has 0 aromatic heterocycles. The van der Waals surface area contributed by atoms with Gasteiger partial charge in [-0.1, -0.05) is 6.92 Å². The Morgan fingerprint density at radius 2 is 2.06 bits per heavy atom. The predicted octanol–water partition coefficient (Wildman–Crippen LogP) is 2.51. The van der Waals surface area contributed by atoms with Crippen molar-refractivity contribution < 1.29 is 9.53 Å². The summed E-state index contributed by atoms with van der Waals surface area (Å²) in [5.41, 5.74) is 2.29. The van der Waals surface area contributed by atoms with Crippen molar-refractivity contribution >= 4 is 18.6 Å². The second-order valence-corrected chi connectivity index (χ2v) is 4.04. The lowest BCUT2D eigenvalue weighted by Gasteiger charge is -2.09. The van der Waals surface area contributed by atoms with E-state index in [4.69, 9.17) is 10.00 Å². The predicted molar refractivity (Wildman–Crippen MR) is 68.1 cm³/mol. The summed E-state index contributed by atoms with van der Waals surface area (Å²) in [5.74, 6) is -0.292. The van der Waals surface area contributed by atoms with Gasteiger partial charge in [-0.2, -0.15) is 5.26 Å². The highest BCUT2D eigenvalue weighted by molar-refractivity contribution is 7.80. The third kappa shape index (κ3) is 3.50. The van der Waals surface area contributed by atoms with Crippen molar-refractivity contribution in [3.05, 3.63) is 28.8 Å². The number of hydrogen-bond donors (Lipinski definition) is 1. The molecule has 3 nitrogen and oxygen atoms in total. The molecule has 1 rings (SSSR count). The highest BCUT2D eigenvalue weighted by atomic mass is 32.1. The van der Waals surface area contributed by atoms with Gasteiger partial charge in [-0.25, -0.2) is 0 Å². The van der Waals surface area contributed by atoms with Gasteiger partial charge < -0.3 is 4.74 Å². The number of hydrogen-bond acceptors (Lipinski definition) is 4. The molecule has 1 aromatic carbocycles. The third-order valence-corrected chi connectivity index (χ3v) is 2.99. The fraction of sp³-hybridized carbons (Fsp3) is 0.385. The largest absolute Gasteiger partial charge is 0.466 e. The molecule has 0 saturated heterocycles. The van der Waals surface area contributed by atoms with Crippen molar-refractivity contribution in [1.82, 2.24) is 0 Å². The Balaban J connectivity index is 3.06. The first kappa shape index (κ1) is 13.6. The van der Waals surface area contributed by atoms with Gasteiger partial charge in [0.25, 0.3) is 0 Å². The number of rotatable bonds is 4. The van der Waals surface area contributed by atoms with Crippen molar-refractivity contribution in [2.24, 2.45) is 0 Å². The Bertz CT molecular complexity index is 463. The smallest absolute Gasteiger partial charge is 0.310 e. The quantitative estimate of drug-likeness (QED) is 0.659. The number of benzene rings is 1. The summed E-state index contributed by atoms with van der Waals surface area (Å²) in [6, 6.07) is 5.58. The topological polar surface area (TPSA) is 50.1 Å². The van der Waals surface area contributed by atoms with Gasteiger partial charge >= 0.3 is 5.97 Å². The summed E-state index contributed by atoms with van der Waals surface area (Å²) >= 11 is 4.40. The lowest BCUT2D eigenvalue weighted by Crippen LogP contribution is -2.09. The summed E-state index contributed by atoms with van der Waals surface area (Å²) in [5, 5.41) is 8.92. The summed E-state index contributed by atoms with van der Waals surface area (Å²) < 4.78 is 4.89. The van der Waals surface area contributed by atoms with E-state index in [1.807, 2.05) is 6.92 Å². The Morgan fingerprint density at radius 1 is 1.41 bits per heavy atom. The number of thiol groups is 1. The van der Waals surface area contributed by atoms with E-state index in [-0.39, 0.29) is 12.4 Å². The van der Waals surface area contributed by atoms with E-state index >= 15 is 0 Å². The highest BCUT2D eigenvalue weighted by Gasteiger charge is 2.11. The van der Waals surface area contributed by atoms with E-state index in [0.717, 1.165) is 22.4 Å². The van der Waals surface area contributed by atoms with E-state index in [1.165, 1.54) is 0 Å². The highest BCUT2D eigenvalue weighted by Crippen LogP contribution is 2.23. The maximum atomic E-state index is 11.4. The van der Waals surface area contributed by atoms with Crippen LogP contribution in [0.1, 0.15) is 30.5 Å². The third-order valence-electron chi connectivity index (χ3n) is 2.42. The van der Waals surface area contributed by atoms with E-state index < -0.39 is 0 Å². The number of ether oxygens (including phenoxy) is 1. The molecule has 90 valence electrons. The SMILES string of the molecule is CCOC(=O)Cc1cc(C#N)cc(CC)c1S. The van der Waals surface area contributed by atoms with Crippen LogP contribution in [0.2, 0.25) is 0 Å². The summed E-state index contributed by atoms with van der Waals surface area (Å²) in [6.45, 7) is 4.12. The summed E-state index contributed by atoms with van der Waals surface area (Å²) in [6.07, 6.45) is 0.944. The molecular weight excluding hydrogens is 234 g/mol. The molecule has 0 heterocycles. The van der Waals surface area contributed by atoms with Crippen LogP contribution >= 0.6 is 12.6 Å². The number of carbonyl (C=O) groups excluding carboxylic acids is 1. The molecule has 0 aliphatic heterocycles. The van der Waals surface area contributed by atoms with Crippen LogP contribution in [0.4, 0.5) is 0 Å². The average Bonchev–Trinajstić information content (AvgIpc) is 2.32. The molecule has 4 heteroatoms. The Hall–Kier alpha value is -1.47.